The minimum absolute atomic E-state index is 0.213. The molecule has 0 aromatic carbocycles. The fourth-order valence-corrected chi connectivity index (χ4v) is 5.24. The first kappa shape index (κ1) is 41.8. The minimum atomic E-state index is -4.74. The number of hydrogen-bond donors (Lipinski definition) is 2. The molecule has 43 heavy (non-hydrogen) atoms. The van der Waals surface area contributed by atoms with E-state index in [9.17, 15) is 14.2 Å². The van der Waals surface area contributed by atoms with Crippen molar-refractivity contribution in [1.29, 1.82) is 0 Å². The standard InChI is InChI=1S/C34H65O8P/c1-3-5-7-9-11-13-15-16-17-18-19-21-23-25-27-29-34(36)42-32(31-41-43(37,38)39)30-40-33(35)28-26-24-22-20-14-12-10-8-6-4-2/h9,11,32H,3-8,10,12-31H2,1-2H3,(H2,37,38,39)/b11-9+/t32-/m1/s1. The van der Waals surface area contributed by atoms with E-state index in [1.54, 1.807) is 0 Å². The van der Waals surface area contributed by atoms with Crippen molar-refractivity contribution in [1.82, 2.24) is 0 Å². The number of ether oxygens (including phenoxy) is 2. The third-order valence-electron chi connectivity index (χ3n) is 7.53. The van der Waals surface area contributed by atoms with E-state index in [4.69, 9.17) is 19.3 Å². The zero-order valence-electron chi connectivity index (χ0n) is 27.6. The van der Waals surface area contributed by atoms with E-state index in [1.165, 1.54) is 103 Å². The van der Waals surface area contributed by atoms with E-state index in [2.05, 4.69) is 30.5 Å². The van der Waals surface area contributed by atoms with Crippen LogP contribution < -0.4 is 0 Å². The van der Waals surface area contributed by atoms with Crippen molar-refractivity contribution < 1.29 is 37.9 Å². The van der Waals surface area contributed by atoms with Gasteiger partial charge in [0, 0.05) is 12.8 Å². The van der Waals surface area contributed by atoms with Crippen LogP contribution in [0.25, 0.3) is 0 Å². The summed E-state index contributed by atoms with van der Waals surface area (Å²) in [6.45, 7) is 3.63. The fourth-order valence-electron chi connectivity index (χ4n) is 4.88. The molecule has 0 radical (unpaired) electrons. The Bertz CT molecular complexity index is 721. The predicted molar refractivity (Wildman–Crippen MR) is 175 cm³/mol. The van der Waals surface area contributed by atoms with Gasteiger partial charge >= 0.3 is 19.8 Å². The van der Waals surface area contributed by atoms with Crippen LogP contribution in [-0.4, -0.2) is 41.0 Å². The van der Waals surface area contributed by atoms with Gasteiger partial charge in [0.25, 0.3) is 0 Å². The van der Waals surface area contributed by atoms with Crippen molar-refractivity contribution >= 4 is 19.8 Å². The molecule has 0 aliphatic heterocycles. The first-order chi connectivity index (χ1) is 20.8. The van der Waals surface area contributed by atoms with Crippen LogP contribution in [0, 0.1) is 0 Å². The molecule has 0 spiro atoms. The molecule has 0 saturated carbocycles. The number of carbonyl (C=O) groups excluding carboxylic acids is 2. The summed E-state index contributed by atoms with van der Waals surface area (Å²) in [6.07, 6.45) is 30.8. The monoisotopic (exact) mass is 632 g/mol. The Morgan fingerprint density at radius 2 is 1.00 bits per heavy atom. The molecule has 0 bridgehead atoms. The summed E-state index contributed by atoms with van der Waals surface area (Å²) in [5, 5.41) is 0. The third kappa shape index (κ3) is 33.5. The Kier molecular flexibility index (Phi) is 29.9. The lowest BCUT2D eigenvalue weighted by atomic mass is 10.1. The highest BCUT2D eigenvalue weighted by molar-refractivity contribution is 7.46. The molecule has 0 unspecified atom stereocenters. The molecule has 1 atom stereocenters. The SMILES string of the molecule is CCCC/C=C/CCCCCCCCCCCC(=O)O[C@H](COC(=O)CCCCCCCCCCCC)COP(=O)(O)O. The Morgan fingerprint density at radius 3 is 1.49 bits per heavy atom. The zero-order chi connectivity index (χ0) is 31.9. The van der Waals surface area contributed by atoms with Crippen LogP contribution in [0.4, 0.5) is 0 Å². The normalized spacial score (nSPS) is 12.6. The second kappa shape index (κ2) is 30.8. The summed E-state index contributed by atoms with van der Waals surface area (Å²) in [6, 6.07) is 0. The van der Waals surface area contributed by atoms with E-state index in [-0.39, 0.29) is 19.4 Å². The molecule has 0 heterocycles. The van der Waals surface area contributed by atoms with Crippen molar-refractivity contribution in [3.63, 3.8) is 0 Å². The molecule has 0 aromatic rings. The lowest BCUT2D eigenvalue weighted by Gasteiger charge is -2.18. The number of hydrogen-bond acceptors (Lipinski definition) is 6. The molecule has 2 N–H and O–H groups in total. The summed E-state index contributed by atoms with van der Waals surface area (Å²) in [4.78, 5) is 42.5. The van der Waals surface area contributed by atoms with Gasteiger partial charge in [-0.3, -0.25) is 14.1 Å². The van der Waals surface area contributed by atoms with Crippen molar-refractivity contribution in [2.75, 3.05) is 13.2 Å². The van der Waals surface area contributed by atoms with Crippen LogP contribution >= 0.6 is 7.82 Å². The molecule has 0 aromatic heterocycles. The molecule has 8 nitrogen and oxygen atoms in total. The summed E-state index contributed by atoms with van der Waals surface area (Å²) in [7, 11) is -4.74. The Hall–Kier alpha value is -1.21. The molecule has 254 valence electrons. The summed E-state index contributed by atoms with van der Waals surface area (Å²) in [5.74, 6) is -0.884. The molecule has 0 amide bonds. The van der Waals surface area contributed by atoms with Gasteiger partial charge in [-0.2, -0.15) is 0 Å². The number of rotatable bonds is 32. The highest BCUT2D eigenvalue weighted by atomic mass is 31.2. The first-order valence-electron chi connectivity index (χ1n) is 17.5. The Labute approximate surface area is 263 Å². The maximum atomic E-state index is 12.3. The largest absolute Gasteiger partial charge is 0.469 e. The number of phosphoric acid groups is 1. The highest BCUT2D eigenvalue weighted by Gasteiger charge is 2.22. The predicted octanol–water partition coefficient (Wildman–Crippen LogP) is 9.90. The minimum Gasteiger partial charge on any atom is -0.462 e. The number of unbranched alkanes of at least 4 members (excludes halogenated alkanes) is 20. The molecule has 0 rings (SSSR count). The average Bonchev–Trinajstić information content (AvgIpc) is 2.97. The molecule has 9 heteroatoms. The van der Waals surface area contributed by atoms with Crippen molar-refractivity contribution in [3.05, 3.63) is 12.2 Å². The second-order valence-electron chi connectivity index (χ2n) is 11.8. The van der Waals surface area contributed by atoms with Crippen molar-refractivity contribution in [2.24, 2.45) is 0 Å². The number of carbonyl (C=O) groups is 2. The van der Waals surface area contributed by atoms with Crippen LogP contribution in [0.2, 0.25) is 0 Å². The van der Waals surface area contributed by atoms with E-state index >= 15 is 0 Å². The van der Waals surface area contributed by atoms with Gasteiger partial charge in [0.05, 0.1) is 6.61 Å². The van der Waals surface area contributed by atoms with Crippen molar-refractivity contribution in [3.8, 4) is 0 Å². The van der Waals surface area contributed by atoms with Gasteiger partial charge in [-0.15, -0.1) is 0 Å². The van der Waals surface area contributed by atoms with Gasteiger partial charge in [0.2, 0.25) is 0 Å². The summed E-state index contributed by atoms with van der Waals surface area (Å²) >= 11 is 0. The Morgan fingerprint density at radius 1 is 0.581 bits per heavy atom. The molecular weight excluding hydrogens is 567 g/mol. The second-order valence-corrected chi connectivity index (χ2v) is 13.1. The van der Waals surface area contributed by atoms with Gasteiger partial charge in [-0.05, 0) is 32.1 Å². The molecule has 0 aliphatic carbocycles. The summed E-state index contributed by atoms with van der Waals surface area (Å²) < 4.78 is 26.2. The van der Waals surface area contributed by atoms with Crippen LogP contribution in [0.5, 0.6) is 0 Å². The zero-order valence-corrected chi connectivity index (χ0v) is 28.5. The van der Waals surface area contributed by atoms with Gasteiger partial charge in [0.1, 0.15) is 6.61 Å². The smallest absolute Gasteiger partial charge is 0.462 e. The van der Waals surface area contributed by atoms with E-state index < -0.39 is 32.5 Å². The van der Waals surface area contributed by atoms with Crippen molar-refractivity contribution in [2.45, 2.75) is 180 Å². The quantitative estimate of drug-likeness (QED) is 0.0325. The van der Waals surface area contributed by atoms with Crippen LogP contribution in [-0.2, 0) is 28.2 Å². The molecule has 0 fully saturated rings. The Balaban J connectivity index is 3.97. The highest BCUT2D eigenvalue weighted by Crippen LogP contribution is 2.36. The summed E-state index contributed by atoms with van der Waals surface area (Å²) in [5.41, 5.74) is 0. The number of allylic oxidation sites excluding steroid dienone is 2. The van der Waals surface area contributed by atoms with Gasteiger partial charge < -0.3 is 19.3 Å². The lowest BCUT2D eigenvalue weighted by Crippen LogP contribution is -2.29. The third-order valence-corrected chi connectivity index (χ3v) is 8.02. The molecule has 0 aliphatic rings. The first-order valence-corrected chi connectivity index (χ1v) is 19.0. The van der Waals surface area contributed by atoms with Crippen LogP contribution in [0.1, 0.15) is 174 Å². The van der Waals surface area contributed by atoms with Crippen LogP contribution in [0.3, 0.4) is 0 Å². The van der Waals surface area contributed by atoms with E-state index in [0.29, 0.717) is 6.42 Å². The maximum Gasteiger partial charge on any atom is 0.469 e. The van der Waals surface area contributed by atoms with Gasteiger partial charge in [-0.1, -0.05) is 142 Å². The number of phosphoric ester groups is 1. The molecule has 0 saturated heterocycles. The van der Waals surface area contributed by atoms with Crippen LogP contribution in [0.15, 0.2) is 12.2 Å². The molecular formula is C34H65O8P. The van der Waals surface area contributed by atoms with E-state index in [1.807, 2.05) is 0 Å². The van der Waals surface area contributed by atoms with Gasteiger partial charge in [0.15, 0.2) is 6.10 Å². The average molecular weight is 633 g/mol. The topological polar surface area (TPSA) is 119 Å². The van der Waals surface area contributed by atoms with Gasteiger partial charge in [-0.25, -0.2) is 4.57 Å². The van der Waals surface area contributed by atoms with E-state index in [0.717, 1.165) is 38.5 Å². The fraction of sp³-hybridized carbons (Fsp3) is 0.882. The number of esters is 2. The lowest BCUT2D eigenvalue weighted by molar-refractivity contribution is -0.161. The maximum absolute atomic E-state index is 12.3.